The van der Waals surface area contributed by atoms with Crippen LogP contribution in [-0.2, 0) is 0 Å². The Hall–Kier alpha value is -0.170. The van der Waals surface area contributed by atoms with E-state index < -0.39 is 0 Å². The van der Waals surface area contributed by atoms with Crippen molar-refractivity contribution in [2.24, 2.45) is 0 Å². The van der Waals surface area contributed by atoms with Gasteiger partial charge in [0, 0.05) is 8.95 Å². The van der Waals surface area contributed by atoms with Gasteiger partial charge in [-0.15, -0.1) is 0 Å². The van der Waals surface area contributed by atoms with Crippen molar-refractivity contribution in [1.29, 1.82) is 0 Å². The van der Waals surface area contributed by atoms with Crippen LogP contribution in [0.4, 0.5) is 11.5 Å². The Morgan fingerprint density at radius 1 is 1.12 bits per heavy atom. The van der Waals surface area contributed by atoms with Gasteiger partial charge in [0.15, 0.2) is 0 Å². The molecule has 1 N–H and O–H groups in total. The second-order valence-corrected chi connectivity index (χ2v) is 6.00. The zero-order valence-electron chi connectivity index (χ0n) is 8.22. The van der Waals surface area contributed by atoms with E-state index in [0.717, 1.165) is 14.6 Å². The second-order valence-electron chi connectivity index (χ2n) is 3.08. The summed E-state index contributed by atoms with van der Waals surface area (Å²) in [6.45, 7) is 0. The minimum Gasteiger partial charge on any atom is -0.338 e. The van der Waals surface area contributed by atoms with Crippen molar-refractivity contribution in [2.45, 2.75) is 0 Å². The molecule has 17 heavy (non-hydrogen) atoms. The van der Waals surface area contributed by atoms with E-state index in [4.69, 9.17) is 11.6 Å². The topological polar surface area (TPSA) is 37.8 Å². The third-order valence-electron chi connectivity index (χ3n) is 1.93. The zero-order chi connectivity index (χ0) is 12.4. The number of nitrogens with one attached hydrogen (secondary N) is 1. The molecule has 0 atom stereocenters. The standard InChI is InChI=1S/C10H5Br3ClN3/c11-5-1-2-7(6(12)3-5)17-10-8(13)9(14)15-4-16-10/h1-4H,(H,15,16,17). The highest BCUT2D eigenvalue weighted by Crippen LogP contribution is 2.32. The first-order valence-corrected chi connectivity index (χ1v) is 7.21. The van der Waals surface area contributed by atoms with E-state index in [0.29, 0.717) is 15.4 Å². The highest BCUT2D eigenvalue weighted by molar-refractivity contribution is 9.11. The van der Waals surface area contributed by atoms with Gasteiger partial charge < -0.3 is 5.32 Å². The van der Waals surface area contributed by atoms with Gasteiger partial charge in [-0.3, -0.25) is 0 Å². The maximum absolute atomic E-state index is 5.89. The Bertz CT molecular complexity index is 562. The summed E-state index contributed by atoms with van der Waals surface area (Å²) in [5.41, 5.74) is 0.892. The minimum absolute atomic E-state index is 0.371. The molecule has 0 aliphatic rings. The van der Waals surface area contributed by atoms with Gasteiger partial charge in [0.2, 0.25) is 0 Å². The Morgan fingerprint density at radius 2 is 1.88 bits per heavy atom. The maximum Gasteiger partial charge on any atom is 0.149 e. The van der Waals surface area contributed by atoms with Crippen LogP contribution in [-0.4, -0.2) is 9.97 Å². The van der Waals surface area contributed by atoms with Crippen molar-refractivity contribution in [2.75, 3.05) is 5.32 Å². The smallest absolute Gasteiger partial charge is 0.149 e. The van der Waals surface area contributed by atoms with Gasteiger partial charge in [0.25, 0.3) is 0 Å². The van der Waals surface area contributed by atoms with Gasteiger partial charge in [-0.2, -0.15) is 0 Å². The molecule has 1 heterocycles. The predicted octanol–water partition coefficient (Wildman–Crippen LogP) is 5.16. The molecule has 2 rings (SSSR count). The molecule has 88 valence electrons. The van der Waals surface area contributed by atoms with Gasteiger partial charge in [-0.25, -0.2) is 9.97 Å². The molecule has 1 aromatic carbocycles. The molecule has 2 aromatic rings. The fourth-order valence-electron chi connectivity index (χ4n) is 1.15. The third kappa shape index (κ3) is 3.19. The largest absolute Gasteiger partial charge is 0.338 e. The van der Waals surface area contributed by atoms with Crippen molar-refractivity contribution >= 4 is 70.9 Å². The Kier molecular flexibility index (Phi) is 4.41. The maximum atomic E-state index is 5.89. The summed E-state index contributed by atoms with van der Waals surface area (Å²) in [7, 11) is 0. The van der Waals surface area contributed by atoms with E-state index in [-0.39, 0.29) is 0 Å². The molecular weight excluding hydrogens is 437 g/mol. The van der Waals surface area contributed by atoms with Crippen LogP contribution in [0.5, 0.6) is 0 Å². The molecule has 7 heteroatoms. The predicted molar refractivity (Wildman–Crippen MR) is 79.9 cm³/mol. The average Bonchev–Trinajstić information content (AvgIpc) is 2.28. The highest BCUT2D eigenvalue weighted by Gasteiger charge is 2.08. The summed E-state index contributed by atoms with van der Waals surface area (Å²) in [4.78, 5) is 7.98. The average molecular weight is 442 g/mol. The SMILES string of the molecule is Clc1ncnc(Nc2ccc(Br)cc2Br)c1Br. The molecule has 3 nitrogen and oxygen atoms in total. The molecule has 1 aromatic heterocycles. The van der Waals surface area contributed by atoms with E-state index in [9.17, 15) is 0 Å². The first kappa shape index (κ1) is 13.3. The zero-order valence-corrected chi connectivity index (χ0v) is 13.7. The number of anilines is 2. The first-order chi connectivity index (χ1) is 8.08. The summed E-state index contributed by atoms with van der Waals surface area (Å²) in [5.74, 6) is 0.619. The van der Waals surface area contributed by atoms with Crippen molar-refractivity contribution in [3.63, 3.8) is 0 Å². The van der Waals surface area contributed by atoms with E-state index in [1.54, 1.807) is 0 Å². The van der Waals surface area contributed by atoms with Crippen LogP contribution in [0, 0.1) is 0 Å². The third-order valence-corrected chi connectivity index (χ3v) is 4.35. The fraction of sp³-hybridized carbons (Fsp3) is 0. The number of benzene rings is 1. The van der Waals surface area contributed by atoms with Crippen molar-refractivity contribution in [1.82, 2.24) is 9.97 Å². The molecule has 0 bridgehead atoms. The number of hydrogen-bond acceptors (Lipinski definition) is 3. The summed E-state index contributed by atoms with van der Waals surface area (Å²) in [6.07, 6.45) is 1.40. The molecule has 0 saturated heterocycles. The summed E-state index contributed by atoms with van der Waals surface area (Å²) in [6, 6.07) is 5.81. The molecular formula is C10H5Br3ClN3. The molecule has 0 amide bonds. The molecule has 0 unspecified atom stereocenters. The molecule has 0 spiro atoms. The van der Waals surface area contributed by atoms with Crippen LogP contribution in [0.2, 0.25) is 5.15 Å². The molecule has 0 aliphatic heterocycles. The van der Waals surface area contributed by atoms with Crippen molar-refractivity contribution < 1.29 is 0 Å². The van der Waals surface area contributed by atoms with Crippen LogP contribution in [0.3, 0.4) is 0 Å². The number of nitrogens with zero attached hydrogens (tertiary/aromatic N) is 2. The van der Waals surface area contributed by atoms with Crippen molar-refractivity contribution in [3.05, 3.63) is 43.1 Å². The Balaban J connectivity index is 2.35. The van der Waals surface area contributed by atoms with Gasteiger partial charge in [-0.05, 0) is 50.1 Å². The van der Waals surface area contributed by atoms with E-state index in [1.165, 1.54) is 6.33 Å². The Morgan fingerprint density at radius 3 is 2.59 bits per heavy atom. The lowest BCUT2D eigenvalue weighted by atomic mass is 10.3. The van der Waals surface area contributed by atoms with E-state index >= 15 is 0 Å². The van der Waals surface area contributed by atoms with Crippen LogP contribution >= 0.6 is 59.4 Å². The van der Waals surface area contributed by atoms with Gasteiger partial charge in [0.05, 0.1) is 10.2 Å². The summed E-state index contributed by atoms with van der Waals surface area (Å²) in [5, 5.41) is 3.53. The highest BCUT2D eigenvalue weighted by atomic mass is 79.9. The summed E-state index contributed by atoms with van der Waals surface area (Å²) >= 11 is 16.1. The van der Waals surface area contributed by atoms with Crippen LogP contribution in [0.1, 0.15) is 0 Å². The van der Waals surface area contributed by atoms with E-state index in [2.05, 4.69) is 63.1 Å². The normalized spacial score (nSPS) is 10.4. The lowest BCUT2D eigenvalue weighted by Crippen LogP contribution is -1.96. The molecule has 0 fully saturated rings. The lowest BCUT2D eigenvalue weighted by molar-refractivity contribution is 1.15. The molecule has 0 radical (unpaired) electrons. The van der Waals surface area contributed by atoms with Gasteiger partial charge in [-0.1, -0.05) is 27.5 Å². The number of aromatic nitrogens is 2. The quantitative estimate of drug-likeness (QED) is 0.653. The fourth-order valence-corrected chi connectivity index (χ4v) is 2.74. The number of halogens is 4. The first-order valence-electron chi connectivity index (χ1n) is 4.46. The summed E-state index contributed by atoms with van der Waals surface area (Å²) < 4.78 is 2.56. The second kappa shape index (κ2) is 5.65. The minimum atomic E-state index is 0.371. The molecule has 0 saturated carbocycles. The van der Waals surface area contributed by atoms with Crippen LogP contribution < -0.4 is 5.32 Å². The van der Waals surface area contributed by atoms with Crippen LogP contribution in [0.25, 0.3) is 0 Å². The number of hydrogen-bond donors (Lipinski definition) is 1. The van der Waals surface area contributed by atoms with Crippen LogP contribution in [0.15, 0.2) is 37.9 Å². The van der Waals surface area contributed by atoms with Gasteiger partial charge >= 0.3 is 0 Å². The van der Waals surface area contributed by atoms with Gasteiger partial charge in [0.1, 0.15) is 17.3 Å². The Labute approximate surface area is 128 Å². The van der Waals surface area contributed by atoms with E-state index in [1.807, 2.05) is 18.2 Å². The lowest BCUT2D eigenvalue weighted by Gasteiger charge is -2.09. The van der Waals surface area contributed by atoms with Crippen molar-refractivity contribution in [3.8, 4) is 0 Å². The monoisotopic (exact) mass is 439 g/mol. The molecule has 0 aliphatic carbocycles. The number of rotatable bonds is 2.